The third-order valence-corrected chi connectivity index (χ3v) is 8.96. The number of phosphoric ester groups is 1. The third-order valence-electron chi connectivity index (χ3n) is 5.15. The lowest BCUT2D eigenvalue weighted by atomic mass is 9.91. The largest absolute Gasteiger partial charge is 0.490 e. The monoisotopic (exact) mass is 533 g/mol. The average molecular weight is 533 g/mol. The fraction of sp³-hybridized carbons (Fsp3) is 0.615. The first-order valence-electron chi connectivity index (χ1n) is 9.23. The smallest absolute Gasteiger partial charge is 0.390 e. The maximum absolute atomic E-state index is 12.0. The number of phosphoric acid groups is 3. The van der Waals surface area contributed by atoms with Gasteiger partial charge in [0.25, 0.3) is 0 Å². The highest BCUT2D eigenvalue weighted by Gasteiger charge is 2.51. The Morgan fingerprint density at radius 1 is 1.00 bits per heavy atom. The van der Waals surface area contributed by atoms with Crippen molar-refractivity contribution in [3.63, 3.8) is 0 Å². The number of imidazole rings is 1. The van der Waals surface area contributed by atoms with Gasteiger partial charge >= 0.3 is 23.5 Å². The van der Waals surface area contributed by atoms with E-state index in [0.717, 1.165) is 0 Å². The van der Waals surface area contributed by atoms with Crippen LogP contribution in [0, 0.1) is 11.8 Å². The second-order valence-electron chi connectivity index (χ2n) is 7.18. The van der Waals surface area contributed by atoms with Gasteiger partial charge in [-0.3, -0.25) is 4.52 Å². The molecule has 0 aliphatic heterocycles. The van der Waals surface area contributed by atoms with Crippen LogP contribution in [0.25, 0.3) is 11.2 Å². The van der Waals surface area contributed by atoms with Gasteiger partial charge in [-0.2, -0.15) is 8.62 Å². The maximum atomic E-state index is 12.0. The minimum atomic E-state index is -5.68. The van der Waals surface area contributed by atoms with Gasteiger partial charge in [0, 0.05) is 5.92 Å². The molecule has 7 atom stereocenters. The zero-order valence-electron chi connectivity index (χ0n) is 16.8. The summed E-state index contributed by atoms with van der Waals surface area (Å²) < 4.78 is 47.7. The summed E-state index contributed by atoms with van der Waals surface area (Å²) in [5.41, 5.74) is 6.33. The molecule has 0 saturated heterocycles. The molecule has 0 aromatic carbocycles. The molecule has 17 nitrogen and oxygen atoms in total. The summed E-state index contributed by atoms with van der Waals surface area (Å²) in [4.78, 5) is 48.1. The van der Waals surface area contributed by atoms with Crippen molar-refractivity contribution < 1.29 is 56.6 Å². The van der Waals surface area contributed by atoms with Crippen LogP contribution in [0.1, 0.15) is 19.4 Å². The summed E-state index contributed by atoms with van der Waals surface area (Å²) in [6.07, 6.45) is 0.0242. The Balaban J connectivity index is 1.80. The summed E-state index contributed by atoms with van der Waals surface area (Å²) in [5, 5.41) is 21.3. The van der Waals surface area contributed by atoms with Crippen LogP contribution in [0.2, 0.25) is 0 Å². The number of anilines is 1. The summed E-state index contributed by atoms with van der Waals surface area (Å²) in [7, 11) is -16.6. The van der Waals surface area contributed by atoms with Crippen LogP contribution in [0.4, 0.5) is 5.82 Å². The third kappa shape index (κ3) is 5.85. The van der Waals surface area contributed by atoms with Crippen LogP contribution in [-0.4, -0.2) is 68.1 Å². The zero-order valence-corrected chi connectivity index (χ0v) is 19.5. The van der Waals surface area contributed by atoms with E-state index in [1.807, 2.05) is 0 Å². The van der Waals surface area contributed by atoms with E-state index in [4.69, 9.17) is 15.5 Å². The van der Waals surface area contributed by atoms with Crippen molar-refractivity contribution in [1.82, 2.24) is 19.5 Å². The van der Waals surface area contributed by atoms with Crippen molar-refractivity contribution in [3.8, 4) is 0 Å². The van der Waals surface area contributed by atoms with Gasteiger partial charge in [-0.1, -0.05) is 13.3 Å². The van der Waals surface area contributed by atoms with Crippen LogP contribution in [-0.2, 0) is 26.8 Å². The molecule has 3 rings (SSSR count). The molecule has 186 valence electrons. The van der Waals surface area contributed by atoms with E-state index in [9.17, 15) is 33.7 Å². The Kier molecular flexibility index (Phi) is 7.47. The first kappa shape index (κ1) is 26.3. The lowest BCUT2D eigenvalue weighted by Crippen LogP contribution is -2.30. The number of fused-ring (bicyclic) bond motifs is 1. The van der Waals surface area contributed by atoms with Gasteiger partial charge in [-0.15, -0.1) is 0 Å². The fourth-order valence-corrected chi connectivity index (χ4v) is 6.98. The SMILES string of the molecule is CC[C@H]1[C@H](COP(=O)(O)OP(=O)(O)OP(=O)(O)O)[C@@H](O)[C@@H](O)[C@@H]1n1cnc2c(N)ncnc21. The molecule has 2 heterocycles. The molecule has 2 unspecified atom stereocenters. The van der Waals surface area contributed by atoms with Crippen LogP contribution in [0.3, 0.4) is 0 Å². The number of hydrogen-bond acceptors (Lipinski definition) is 12. The molecule has 8 N–H and O–H groups in total. The molecule has 2 aromatic heterocycles. The molecular weight excluding hydrogens is 511 g/mol. The zero-order chi connectivity index (χ0) is 24.8. The molecule has 0 amide bonds. The standard InChI is InChI=1S/C13H22N5O12P3/c1-2-6-7(3-28-32(24,25)30-33(26,27)29-31(21,22)23)10(19)11(20)9(6)18-5-17-8-12(14)15-4-16-13(8)18/h4-7,9-11,19-20H,2-3H2,1H3,(H,24,25)(H,26,27)(H2,14,15,16)(H2,21,22,23)/t6-,7-,9+,10+,11-/m0/s1. The highest BCUT2D eigenvalue weighted by Crippen LogP contribution is 2.66. The fourth-order valence-electron chi connectivity index (χ4n) is 3.92. The molecule has 1 fully saturated rings. The predicted molar refractivity (Wildman–Crippen MR) is 108 cm³/mol. The highest BCUT2D eigenvalue weighted by atomic mass is 31.3. The molecular formula is C13H22N5O12P3. The van der Waals surface area contributed by atoms with Crippen LogP contribution in [0.5, 0.6) is 0 Å². The molecule has 0 spiro atoms. The van der Waals surface area contributed by atoms with E-state index < -0.39 is 60.2 Å². The lowest BCUT2D eigenvalue weighted by Gasteiger charge is -2.25. The number of nitrogen functional groups attached to an aromatic ring is 1. The number of aromatic nitrogens is 4. The van der Waals surface area contributed by atoms with Crippen molar-refractivity contribution in [2.45, 2.75) is 31.6 Å². The van der Waals surface area contributed by atoms with Crippen molar-refractivity contribution in [2.24, 2.45) is 11.8 Å². The summed E-state index contributed by atoms with van der Waals surface area (Å²) in [5.74, 6) is -1.45. The Morgan fingerprint density at radius 2 is 1.67 bits per heavy atom. The molecule has 20 heteroatoms. The topological polar surface area (TPSA) is 270 Å². The van der Waals surface area contributed by atoms with E-state index in [2.05, 4.69) is 28.1 Å². The van der Waals surface area contributed by atoms with E-state index in [0.29, 0.717) is 6.42 Å². The Hall–Kier alpha value is -1.32. The van der Waals surface area contributed by atoms with Gasteiger partial charge < -0.3 is 40.1 Å². The van der Waals surface area contributed by atoms with Crippen LogP contribution >= 0.6 is 23.5 Å². The number of hydrogen-bond donors (Lipinski definition) is 7. The second kappa shape index (κ2) is 9.38. The average Bonchev–Trinajstić information content (AvgIpc) is 3.17. The van der Waals surface area contributed by atoms with Gasteiger partial charge in [0.05, 0.1) is 25.1 Å². The van der Waals surface area contributed by atoms with E-state index in [-0.39, 0.29) is 17.0 Å². The van der Waals surface area contributed by atoms with Crippen molar-refractivity contribution in [2.75, 3.05) is 12.3 Å². The second-order valence-corrected chi connectivity index (χ2v) is 11.6. The van der Waals surface area contributed by atoms with E-state index in [1.54, 1.807) is 6.92 Å². The number of nitrogens with zero attached hydrogens (tertiary/aromatic N) is 4. The number of rotatable bonds is 9. The van der Waals surface area contributed by atoms with Crippen molar-refractivity contribution in [3.05, 3.63) is 12.7 Å². The number of aliphatic hydroxyl groups is 2. The molecule has 0 bridgehead atoms. The summed E-state index contributed by atoms with van der Waals surface area (Å²) in [6, 6.07) is -0.807. The van der Waals surface area contributed by atoms with Gasteiger partial charge in [-0.25, -0.2) is 28.6 Å². The molecule has 0 radical (unpaired) electrons. The maximum Gasteiger partial charge on any atom is 0.490 e. The minimum absolute atomic E-state index is 0.101. The minimum Gasteiger partial charge on any atom is -0.390 e. The molecule has 1 aliphatic carbocycles. The molecule has 33 heavy (non-hydrogen) atoms. The van der Waals surface area contributed by atoms with Gasteiger partial charge in [0.2, 0.25) is 0 Å². The Bertz CT molecular complexity index is 1160. The highest BCUT2D eigenvalue weighted by molar-refractivity contribution is 7.66. The Morgan fingerprint density at radius 3 is 2.27 bits per heavy atom. The molecule has 2 aromatic rings. The lowest BCUT2D eigenvalue weighted by molar-refractivity contribution is -0.00455. The predicted octanol–water partition coefficient (Wildman–Crippen LogP) is -0.329. The normalized spacial score (nSPS) is 29.7. The first-order chi connectivity index (χ1) is 15.2. The van der Waals surface area contributed by atoms with Crippen LogP contribution in [0.15, 0.2) is 12.7 Å². The molecule has 1 saturated carbocycles. The van der Waals surface area contributed by atoms with Gasteiger partial charge in [0.1, 0.15) is 17.9 Å². The first-order valence-corrected chi connectivity index (χ1v) is 13.8. The number of nitrogens with two attached hydrogens (primary N) is 1. The van der Waals surface area contributed by atoms with E-state index >= 15 is 0 Å². The molecule has 1 aliphatic rings. The number of aliphatic hydroxyl groups excluding tert-OH is 2. The summed E-state index contributed by atoms with van der Waals surface area (Å²) >= 11 is 0. The van der Waals surface area contributed by atoms with Crippen molar-refractivity contribution >= 4 is 40.4 Å². The quantitative estimate of drug-likeness (QED) is 0.203. The van der Waals surface area contributed by atoms with Crippen molar-refractivity contribution in [1.29, 1.82) is 0 Å². The summed E-state index contributed by atoms with van der Waals surface area (Å²) in [6.45, 7) is 0.989. The van der Waals surface area contributed by atoms with Gasteiger partial charge in [0.15, 0.2) is 11.5 Å². The van der Waals surface area contributed by atoms with E-state index in [1.165, 1.54) is 17.2 Å². The van der Waals surface area contributed by atoms with Crippen LogP contribution < -0.4 is 5.73 Å². The van der Waals surface area contributed by atoms with Gasteiger partial charge in [-0.05, 0) is 5.92 Å². The Labute approximate surface area is 185 Å².